The van der Waals surface area contributed by atoms with Crippen molar-refractivity contribution in [2.75, 3.05) is 5.01 Å². The van der Waals surface area contributed by atoms with Crippen molar-refractivity contribution in [3.63, 3.8) is 0 Å². The third-order valence-corrected chi connectivity index (χ3v) is 2.64. The lowest BCUT2D eigenvalue weighted by Gasteiger charge is -2.17. The lowest BCUT2D eigenvalue weighted by molar-refractivity contribution is 1.18. The summed E-state index contributed by atoms with van der Waals surface area (Å²) in [6.45, 7) is 0. The van der Waals surface area contributed by atoms with Gasteiger partial charge in [-0.15, -0.1) is 12.6 Å². The van der Waals surface area contributed by atoms with Crippen LogP contribution in [0.15, 0.2) is 42.5 Å². The van der Waals surface area contributed by atoms with Gasteiger partial charge in [0.15, 0.2) is 4.32 Å². The molecule has 0 aliphatic rings. The fourth-order valence-electron chi connectivity index (χ4n) is 1.52. The maximum atomic E-state index is 5.82. The molecule has 2 rings (SSSR count). The van der Waals surface area contributed by atoms with Gasteiger partial charge in [0.1, 0.15) is 0 Å². The Morgan fingerprint density at radius 3 is 2.53 bits per heavy atom. The van der Waals surface area contributed by atoms with Crippen LogP contribution in [0.2, 0.25) is 0 Å². The molecule has 2 nitrogen and oxygen atoms in total. The molecule has 0 spiro atoms. The van der Waals surface area contributed by atoms with Gasteiger partial charge in [-0.1, -0.05) is 48.6 Å². The Balaban J connectivity index is 2.65. The van der Waals surface area contributed by atoms with Crippen molar-refractivity contribution in [1.82, 2.24) is 0 Å². The second kappa shape index (κ2) is 4.18. The highest BCUT2D eigenvalue weighted by molar-refractivity contribution is 8.11. The van der Waals surface area contributed by atoms with Crippen molar-refractivity contribution >= 4 is 45.6 Å². The van der Waals surface area contributed by atoms with Crippen LogP contribution in [0.1, 0.15) is 0 Å². The van der Waals surface area contributed by atoms with Gasteiger partial charge in [0.25, 0.3) is 0 Å². The molecule has 0 aliphatic heterocycles. The van der Waals surface area contributed by atoms with Gasteiger partial charge in [0.2, 0.25) is 0 Å². The van der Waals surface area contributed by atoms with Gasteiger partial charge in [0.05, 0.1) is 5.69 Å². The number of benzene rings is 2. The fourth-order valence-corrected chi connectivity index (χ4v) is 1.73. The Labute approximate surface area is 99.1 Å². The molecular formula is C11H10N2S2. The number of fused-ring (bicyclic) bond motifs is 1. The van der Waals surface area contributed by atoms with Crippen molar-refractivity contribution in [1.29, 1.82) is 0 Å². The molecule has 4 heteroatoms. The summed E-state index contributed by atoms with van der Waals surface area (Å²) in [4.78, 5) is 0. The van der Waals surface area contributed by atoms with E-state index < -0.39 is 0 Å². The van der Waals surface area contributed by atoms with Crippen LogP contribution in [0.4, 0.5) is 5.69 Å². The SMILES string of the molecule is NN(C(=S)S)c1cccc2ccccc12. The molecule has 0 radical (unpaired) electrons. The van der Waals surface area contributed by atoms with E-state index in [9.17, 15) is 0 Å². The third-order valence-electron chi connectivity index (χ3n) is 2.23. The van der Waals surface area contributed by atoms with E-state index in [0.717, 1.165) is 16.5 Å². The normalized spacial score (nSPS) is 10.3. The van der Waals surface area contributed by atoms with E-state index in [1.54, 1.807) is 0 Å². The molecule has 0 saturated heterocycles. The molecule has 0 amide bonds. The highest BCUT2D eigenvalue weighted by Crippen LogP contribution is 2.25. The molecular weight excluding hydrogens is 224 g/mol. The number of hydrogen-bond donors (Lipinski definition) is 2. The number of nitrogens with zero attached hydrogens (tertiary/aromatic N) is 1. The fraction of sp³-hybridized carbons (Fsp3) is 0. The van der Waals surface area contributed by atoms with Crippen LogP contribution >= 0.6 is 24.8 Å². The quantitative estimate of drug-likeness (QED) is 0.344. The summed E-state index contributed by atoms with van der Waals surface area (Å²) in [5.74, 6) is 5.82. The topological polar surface area (TPSA) is 29.3 Å². The van der Waals surface area contributed by atoms with E-state index in [4.69, 9.17) is 18.1 Å². The van der Waals surface area contributed by atoms with Gasteiger partial charge in [-0.3, -0.25) is 5.01 Å². The minimum atomic E-state index is 0.353. The number of nitrogens with two attached hydrogens (primary N) is 1. The molecule has 2 aromatic carbocycles. The van der Waals surface area contributed by atoms with E-state index >= 15 is 0 Å². The smallest absolute Gasteiger partial charge is 0.152 e. The first-order valence-electron chi connectivity index (χ1n) is 4.45. The lowest BCUT2D eigenvalue weighted by atomic mass is 10.1. The van der Waals surface area contributed by atoms with Crippen molar-refractivity contribution < 1.29 is 0 Å². The van der Waals surface area contributed by atoms with Gasteiger partial charge in [0, 0.05) is 5.39 Å². The molecule has 0 aromatic heterocycles. The van der Waals surface area contributed by atoms with Crippen molar-refractivity contribution in [3.05, 3.63) is 42.5 Å². The highest BCUT2D eigenvalue weighted by Gasteiger charge is 2.07. The molecule has 0 saturated carbocycles. The zero-order valence-corrected chi connectivity index (χ0v) is 9.63. The summed E-state index contributed by atoms with van der Waals surface area (Å²) >= 11 is 8.99. The summed E-state index contributed by atoms with van der Waals surface area (Å²) in [6.07, 6.45) is 0. The summed E-state index contributed by atoms with van der Waals surface area (Å²) < 4.78 is 0.353. The van der Waals surface area contributed by atoms with Crippen molar-refractivity contribution in [3.8, 4) is 0 Å². The van der Waals surface area contributed by atoms with Gasteiger partial charge < -0.3 is 0 Å². The van der Waals surface area contributed by atoms with E-state index in [-0.39, 0.29) is 0 Å². The van der Waals surface area contributed by atoms with Crippen LogP contribution in [0.3, 0.4) is 0 Å². The molecule has 2 aromatic rings. The lowest BCUT2D eigenvalue weighted by Crippen LogP contribution is -2.33. The van der Waals surface area contributed by atoms with Crippen molar-refractivity contribution in [2.45, 2.75) is 0 Å². The molecule has 2 N–H and O–H groups in total. The predicted molar refractivity (Wildman–Crippen MR) is 72.2 cm³/mol. The number of hydrogen-bond acceptors (Lipinski definition) is 2. The van der Waals surface area contributed by atoms with Crippen LogP contribution in [0.5, 0.6) is 0 Å². The monoisotopic (exact) mass is 234 g/mol. The predicted octanol–water partition coefficient (Wildman–Crippen LogP) is 2.73. The first-order valence-corrected chi connectivity index (χ1v) is 5.31. The maximum Gasteiger partial charge on any atom is 0.152 e. The summed E-state index contributed by atoms with van der Waals surface area (Å²) in [5, 5.41) is 3.61. The van der Waals surface area contributed by atoms with Crippen molar-refractivity contribution in [2.24, 2.45) is 5.84 Å². The standard InChI is InChI=1S/C11H10N2S2/c12-13(11(14)15)10-7-3-5-8-4-1-2-6-9(8)10/h1-7H,12H2,(H,14,15). The van der Waals surface area contributed by atoms with Gasteiger partial charge in [-0.05, 0) is 11.5 Å². The Hall–Kier alpha value is -1.10. The number of hydrazine groups is 1. The molecule has 0 aliphatic carbocycles. The Bertz CT molecular complexity index is 505. The minimum absolute atomic E-state index is 0.353. The average molecular weight is 234 g/mol. The average Bonchev–Trinajstić information content (AvgIpc) is 2.27. The van der Waals surface area contributed by atoms with Crippen LogP contribution in [-0.2, 0) is 0 Å². The van der Waals surface area contributed by atoms with Gasteiger partial charge in [-0.25, -0.2) is 5.84 Å². The highest BCUT2D eigenvalue weighted by atomic mass is 32.1. The van der Waals surface area contributed by atoms with Crippen LogP contribution in [0.25, 0.3) is 10.8 Å². The van der Waals surface area contributed by atoms with E-state index in [1.807, 2.05) is 42.5 Å². The molecule has 76 valence electrons. The second-order valence-electron chi connectivity index (χ2n) is 3.15. The van der Waals surface area contributed by atoms with Crippen LogP contribution in [-0.4, -0.2) is 4.32 Å². The van der Waals surface area contributed by atoms with Gasteiger partial charge >= 0.3 is 0 Å². The molecule has 0 bridgehead atoms. The van der Waals surface area contributed by atoms with Crippen LogP contribution < -0.4 is 10.9 Å². The van der Waals surface area contributed by atoms with E-state index in [2.05, 4.69) is 12.6 Å². The van der Waals surface area contributed by atoms with Gasteiger partial charge in [-0.2, -0.15) is 0 Å². The Morgan fingerprint density at radius 1 is 1.13 bits per heavy atom. The number of thiocarbonyl (C=S) groups is 1. The number of anilines is 1. The summed E-state index contributed by atoms with van der Waals surface area (Å²) in [7, 11) is 0. The summed E-state index contributed by atoms with van der Waals surface area (Å²) in [5.41, 5.74) is 0.869. The number of thiol groups is 1. The number of rotatable bonds is 1. The molecule has 0 fully saturated rings. The largest absolute Gasteiger partial charge is 0.263 e. The third kappa shape index (κ3) is 1.97. The van der Waals surface area contributed by atoms with Crippen LogP contribution in [0, 0.1) is 0 Å². The minimum Gasteiger partial charge on any atom is -0.263 e. The maximum absolute atomic E-state index is 5.82. The van der Waals surface area contributed by atoms with E-state index in [1.165, 1.54) is 5.01 Å². The zero-order valence-electron chi connectivity index (χ0n) is 7.92. The second-order valence-corrected chi connectivity index (χ2v) is 4.26. The molecule has 0 unspecified atom stereocenters. The van der Waals surface area contributed by atoms with E-state index in [0.29, 0.717) is 4.32 Å². The first kappa shape index (κ1) is 10.4. The molecule has 0 atom stereocenters. The Kier molecular flexibility index (Phi) is 2.90. The first-order chi connectivity index (χ1) is 7.20. The molecule has 0 heterocycles. The summed E-state index contributed by atoms with van der Waals surface area (Å²) in [6, 6.07) is 13.9. The Morgan fingerprint density at radius 2 is 1.80 bits per heavy atom. The zero-order chi connectivity index (χ0) is 10.8. The molecule has 15 heavy (non-hydrogen) atoms.